The molecule has 1 aromatic heterocycles. The van der Waals surface area contributed by atoms with Crippen LogP contribution in [0.3, 0.4) is 0 Å². The lowest BCUT2D eigenvalue weighted by Gasteiger charge is -2.33. The number of hydrogen-bond donors (Lipinski definition) is 1. The van der Waals surface area contributed by atoms with Crippen LogP contribution in [0.2, 0.25) is 5.15 Å². The quantitative estimate of drug-likeness (QED) is 0.826. The van der Waals surface area contributed by atoms with Crippen molar-refractivity contribution in [3.63, 3.8) is 0 Å². The average Bonchev–Trinajstić information content (AvgIpc) is 2.47. The van der Waals surface area contributed by atoms with Crippen LogP contribution < -0.4 is 5.32 Å². The first-order valence-corrected chi connectivity index (χ1v) is 8.13. The smallest absolute Gasteiger partial charge is 0.407 e. The van der Waals surface area contributed by atoms with Crippen molar-refractivity contribution in [2.45, 2.75) is 45.3 Å². The monoisotopic (exact) mass is 357 g/mol. The number of hydrogen-bond acceptors (Lipinski definition) is 4. The van der Waals surface area contributed by atoms with E-state index >= 15 is 0 Å². The molecule has 0 radical (unpaired) electrons. The second kappa shape index (κ2) is 7.34. The van der Waals surface area contributed by atoms with Crippen LogP contribution >= 0.6 is 11.6 Å². The van der Waals surface area contributed by atoms with E-state index in [1.165, 1.54) is 6.20 Å². The third-order valence-electron chi connectivity index (χ3n) is 3.47. The molecule has 0 aliphatic carbocycles. The summed E-state index contributed by atoms with van der Waals surface area (Å²) in [6.07, 6.45) is 2.21. The summed E-state index contributed by atoms with van der Waals surface area (Å²) in [6.45, 7) is 6.22. The summed E-state index contributed by atoms with van der Waals surface area (Å²) in [5.41, 5.74) is -0.448. The number of nitrogens with zero attached hydrogens (tertiary/aromatic N) is 2. The Morgan fingerprint density at radius 3 is 2.79 bits per heavy atom. The molecule has 0 unspecified atom stereocenters. The minimum atomic E-state index is -0.733. The van der Waals surface area contributed by atoms with Gasteiger partial charge >= 0.3 is 6.09 Å². The van der Waals surface area contributed by atoms with Gasteiger partial charge in [0, 0.05) is 25.3 Å². The predicted molar refractivity (Wildman–Crippen MR) is 87.5 cm³/mol. The van der Waals surface area contributed by atoms with E-state index < -0.39 is 17.5 Å². The molecule has 8 heteroatoms. The number of rotatable bonds is 2. The Kier molecular flexibility index (Phi) is 5.64. The van der Waals surface area contributed by atoms with Crippen molar-refractivity contribution in [3.05, 3.63) is 28.8 Å². The van der Waals surface area contributed by atoms with E-state index in [-0.39, 0.29) is 22.7 Å². The topological polar surface area (TPSA) is 71.5 Å². The van der Waals surface area contributed by atoms with Gasteiger partial charge in [0.1, 0.15) is 5.60 Å². The van der Waals surface area contributed by atoms with Crippen molar-refractivity contribution in [3.8, 4) is 0 Å². The van der Waals surface area contributed by atoms with E-state index in [0.29, 0.717) is 13.1 Å². The van der Waals surface area contributed by atoms with Gasteiger partial charge in [0.05, 0.1) is 5.56 Å². The summed E-state index contributed by atoms with van der Waals surface area (Å²) in [5.74, 6) is -1.07. The molecule has 2 amide bonds. The maximum absolute atomic E-state index is 13.5. The van der Waals surface area contributed by atoms with Gasteiger partial charge in [-0.2, -0.15) is 0 Å². The molecule has 1 atom stereocenters. The number of carbonyl (C=O) groups is 2. The van der Waals surface area contributed by atoms with Crippen molar-refractivity contribution in [1.29, 1.82) is 0 Å². The number of ether oxygens (including phenoxy) is 1. The Labute approximate surface area is 145 Å². The molecule has 1 aliphatic heterocycles. The molecule has 0 bridgehead atoms. The number of carbonyl (C=O) groups excluding carboxylic acids is 2. The molecular weight excluding hydrogens is 337 g/mol. The Morgan fingerprint density at radius 2 is 2.17 bits per heavy atom. The molecule has 1 saturated heterocycles. The number of nitrogens with one attached hydrogen (secondary N) is 1. The summed E-state index contributed by atoms with van der Waals surface area (Å²) < 4.78 is 18.7. The number of aromatic nitrogens is 1. The molecule has 1 aliphatic rings. The second-order valence-electron chi connectivity index (χ2n) is 6.73. The van der Waals surface area contributed by atoms with Crippen LogP contribution in [0.1, 0.15) is 44.0 Å². The van der Waals surface area contributed by atoms with Gasteiger partial charge in [-0.15, -0.1) is 0 Å². The molecule has 0 aromatic carbocycles. The first-order chi connectivity index (χ1) is 11.2. The van der Waals surface area contributed by atoms with Crippen LogP contribution in [0.4, 0.5) is 9.18 Å². The SMILES string of the molecule is CC(C)(C)OC(=O)N[C@H]1CCCN(C(=O)c2cnc(Cl)c(F)c2)C1. The number of alkyl carbamates (subject to hydrolysis) is 1. The molecule has 2 rings (SSSR count). The third-order valence-corrected chi connectivity index (χ3v) is 3.75. The Bertz CT molecular complexity index is 633. The molecule has 1 fully saturated rings. The van der Waals surface area contributed by atoms with Crippen LogP contribution in [0.15, 0.2) is 12.3 Å². The van der Waals surface area contributed by atoms with E-state index in [1.807, 2.05) is 0 Å². The first kappa shape index (κ1) is 18.4. The lowest BCUT2D eigenvalue weighted by atomic mass is 10.0. The van der Waals surface area contributed by atoms with E-state index in [9.17, 15) is 14.0 Å². The largest absolute Gasteiger partial charge is 0.444 e. The number of halogens is 2. The molecule has 24 heavy (non-hydrogen) atoms. The van der Waals surface area contributed by atoms with Crippen LogP contribution in [0.25, 0.3) is 0 Å². The Balaban J connectivity index is 1.98. The van der Waals surface area contributed by atoms with E-state index in [2.05, 4.69) is 10.3 Å². The third kappa shape index (κ3) is 5.06. The molecule has 1 aromatic rings. The summed E-state index contributed by atoms with van der Waals surface area (Å²) in [7, 11) is 0. The van der Waals surface area contributed by atoms with E-state index in [0.717, 1.165) is 18.9 Å². The van der Waals surface area contributed by atoms with Gasteiger partial charge < -0.3 is 15.0 Å². The Morgan fingerprint density at radius 1 is 1.46 bits per heavy atom. The number of likely N-dealkylation sites (tertiary alicyclic amines) is 1. The van der Waals surface area contributed by atoms with Gasteiger partial charge in [-0.1, -0.05) is 11.6 Å². The fourth-order valence-electron chi connectivity index (χ4n) is 2.47. The normalized spacial score (nSPS) is 18.2. The van der Waals surface area contributed by atoms with Gasteiger partial charge in [0.15, 0.2) is 11.0 Å². The van der Waals surface area contributed by atoms with Crippen LogP contribution in [-0.2, 0) is 4.74 Å². The van der Waals surface area contributed by atoms with Crippen molar-refractivity contribution in [1.82, 2.24) is 15.2 Å². The van der Waals surface area contributed by atoms with Gasteiger partial charge in [-0.05, 0) is 39.7 Å². The van der Waals surface area contributed by atoms with Gasteiger partial charge in [-0.3, -0.25) is 4.79 Å². The minimum absolute atomic E-state index is 0.134. The lowest BCUT2D eigenvalue weighted by molar-refractivity contribution is 0.0452. The summed E-state index contributed by atoms with van der Waals surface area (Å²) in [6, 6.07) is 0.866. The van der Waals surface area contributed by atoms with Crippen LogP contribution in [0.5, 0.6) is 0 Å². The maximum Gasteiger partial charge on any atom is 0.407 e. The molecule has 1 N–H and O–H groups in total. The summed E-state index contributed by atoms with van der Waals surface area (Å²) in [5, 5.41) is 2.50. The zero-order valence-corrected chi connectivity index (χ0v) is 14.7. The fraction of sp³-hybridized carbons (Fsp3) is 0.562. The first-order valence-electron chi connectivity index (χ1n) is 7.75. The molecular formula is C16H21ClFN3O3. The zero-order chi connectivity index (χ0) is 17.9. The number of pyridine rings is 1. The van der Waals surface area contributed by atoms with Crippen molar-refractivity contribution < 1.29 is 18.7 Å². The minimum Gasteiger partial charge on any atom is -0.444 e. The highest BCUT2D eigenvalue weighted by atomic mass is 35.5. The molecule has 0 spiro atoms. The van der Waals surface area contributed by atoms with Crippen molar-refractivity contribution >= 4 is 23.6 Å². The van der Waals surface area contributed by atoms with Crippen molar-refractivity contribution in [2.24, 2.45) is 0 Å². The predicted octanol–water partition coefficient (Wildman–Crippen LogP) is 3.00. The Hall–Kier alpha value is -1.89. The molecule has 2 heterocycles. The van der Waals surface area contributed by atoms with Gasteiger partial charge in [-0.25, -0.2) is 14.2 Å². The number of amides is 2. The standard InChI is InChI=1S/C16H21ClFN3O3/c1-16(2,3)24-15(23)20-11-5-4-6-21(9-11)14(22)10-7-12(18)13(17)19-8-10/h7-8,11H,4-6,9H2,1-3H3,(H,20,23)/t11-/m0/s1. The van der Waals surface area contributed by atoms with Crippen LogP contribution in [0, 0.1) is 5.82 Å². The zero-order valence-electron chi connectivity index (χ0n) is 13.9. The highest BCUT2D eigenvalue weighted by molar-refractivity contribution is 6.29. The van der Waals surface area contributed by atoms with E-state index in [1.54, 1.807) is 25.7 Å². The highest BCUT2D eigenvalue weighted by Gasteiger charge is 2.27. The molecule has 0 saturated carbocycles. The van der Waals surface area contributed by atoms with Gasteiger partial charge in [0.2, 0.25) is 0 Å². The summed E-state index contributed by atoms with van der Waals surface area (Å²) in [4.78, 5) is 29.5. The fourth-order valence-corrected chi connectivity index (χ4v) is 2.58. The lowest BCUT2D eigenvalue weighted by Crippen LogP contribution is -2.50. The highest BCUT2D eigenvalue weighted by Crippen LogP contribution is 2.17. The number of piperidine rings is 1. The van der Waals surface area contributed by atoms with Crippen LogP contribution in [-0.4, -0.2) is 46.6 Å². The summed E-state index contributed by atoms with van der Waals surface area (Å²) >= 11 is 5.53. The maximum atomic E-state index is 13.5. The second-order valence-corrected chi connectivity index (χ2v) is 7.09. The van der Waals surface area contributed by atoms with E-state index in [4.69, 9.17) is 16.3 Å². The van der Waals surface area contributed by atoms with Crippen molar-refractivity contribution in [2.75, 3.05) is 13.1 Å². The molecule has 132 valence electrons. The van der Waals surface area contributed by atoms with Gasteiger partial charge in [0.25, 0.3) is 5.91 Å². The molecule has 6 nitrogen and oxygen atoms in total. The average molecular weight is 358 g/mol.